The predicted octanol–water partition coefficient (Wildman–Crippen LogP) is 1.74. The van der Waals surface area contributed by atoms with Crippen molar-refractivity contribution in [2.24, 2.45) is 18.9 Å². The molecule has 2 rings (SSSR count). The maximum Gasteiger partial charge on any atom is 0.259 e. The normalized spacial score (nSPS) is 24.5. The van der Waals surface area contributed by atoms with E-state index in [1.54, 1.807) is 11.6 Å². The molecule has 1 aromatic rings. The van der Waals surface area contributed by atoms with Gasteiger partial charge in [-0.3, -0.25) is 0 Å². The fraction of sp³-hybridized carbons (Fsp3) is 0.750. The van der Waals surface area contributed by atoms with Gasteiger partial charge in [0.25, 0.3) is 10.0 Å². The first kappa shape index (κ1) is 14.8. The van der Waals surface area contributed by atoms with Gasteiger partial charge in [-0.15, -0.1) is 11.6 Å². The van der Waals surface area contributed by atoms with Crippen LogP contribution in [-0.4, -0.2) is 30.4 Å². The molecule has 2 unspecified atom stereocenters. The van der Waals surface area contributed by atoms with Crippen LogP contribution in [0.15, 0.2) is 17.6 Å². The van der Waals surface area contributed by atoms with Crippen LogP contribution in [0.3, 0.4) is 0 Å². The Bertz CT molecular complexity index is 515. The lowest BCUT2D eigenvalue weighted by Crippen LogP contribution is -2.35. The maximum atomic E-state index is 12.1. The van der Waals surface area contributed by atoms with Crippen LogP contribution in [0.25, 0.3) is 0 Å². The second-order valence-electron chi connectivity index (χ2n) is 5.19. The molecular formula is C12H20ClN3O2S. The number of rotatable bonds is 5. The summed E-state index contributed by atoms with van der Waals surface area (Å²) in [6, 6.07) is 0. The molecule has 1 heterocycles. The molecule has 1 aliphatic carbocycles. The Morgan fingerprint density at radius 2 is 2.11 bits per heavy atom. The van der Waals surface area contributed by atoms with Crippen molar-refractivity contribution in [2.45, 2.75) is 30.7 Å². The minimum atomic E-state index is -3.50. The van der Waals surface area contributed by atoms with Gasteiger partial charge < -0.3 is 4.57 Å². The van der Waals surface area contributed by atoms with Crippen molar-refractivity contribution in [3.8, 4) is 0 Å². The molecule has 1 aliphatic rings. The Hall–Kier alpha value is -0.590. The van der Waals surface area contributed by atoms with Gasteiger partial charge in [0, 0.05) is 25.7 Å². The summed E-state index contributed by atoms with van der Waals surface area (Å²) in [5.74, 6) is 1.36. The van der Waals surface area contributed by atoms with Gasteiger partial charge in [-0.2, -0.15) is 0 Å². The lowest BCUT2D eigenvalue weighted by atomic mass is 9.80. The Morgan fingerprint density at radius 3 is 2.68 bits per heavy atom. The molecule has 0 aromatic carbocycles. The fourth-order valence-electron chi connectivity index (χ4n) is 2.57. The van der Waals surface area contributed by atoms with E-state index >= 15 is 0 Å². The van der Waals surface area contributed by atoms with E-state index in [0.29, 0.717) is 24.3 Å². The van der Waals surface area contributed by atoms with E-state index in [-0.39, 0.29) is 5.03 Å². The second-order valence-corrected chi connectivity index (χ2v) is 7.21. The number of aryl methyl sites for hydroxylation is 1. The number of alkyl halides is 1. The van der Waals surface area contributed by atoms with Crippen molar-refractivity contribution in [3.05, 3.63) is 12.5 Å². The van der Waals surface area contributed by atoms with E-state index in [2.05, 4.69) is 9.71 Å². The highest BCUT2D eigenvalue weighted by Gasteiger charge is 2.26. The van der Waals surface area contributed by atoms with Gasteiger partial charge in [0.15, 0.2) is 5.03 Å². The fourth-order valence-corrected chi connectivity index (χ4v) is 4.05. The first-order valence-corrected chi connectivity index (χ1v) is 8.58. The summed E-state index contributed by atoms with van der Waals surface area (Å²) in [6.45, 7) is 0.455. The molecule has 19 heavy (non-hydrogen) atoms. The summed E-state index contributed by atoms with van der Waals surface area (Å²) in [5, 5.41) is 0.0771. The number of nitrogens with zero attached hydrogens (tertiary/aromatic N) is 2. The van der Waals surface area contributed by atoms with Crippen LogP contribution in [0, 0.1) is 11.8 Å². The molecule has 108 valence electrons. The van der Waals surface area contributed by atoms with Crippen molar-refractivity contribution in [3.63, 3.8) is 0 Å². The number of imidazole rings is 1. The summed E-state index contributed by atoms with van der Waals surface area (Å²) >= 11 is 5.95. The summed E-state index contributed by atoms with van der Waals surface area (Å²) < 4.78 is 28.4. The summed E-state index contributed by atoms with van der Waals surface area (Å²) in [4.78, 5) is 3.88. The van der Waals surface area contributed by atoms with Crippen LogP contribution in [-0.2, 0) is 17.1 Å². The molecule has 1 N–H and O–H groups in total. The highest BCUT2D eigenvalue weighted by atomic mass is 35.5. The van der Waals surface area contributed by atoms with Crippen LogP contribution in [0.5, 0.6) is 0 Å². The number of sulfonamides is 1. The standard InChI is InChI=1S/C12H20ClN3O2S/c1-16-8-12(14-9-16)19(17,18)15-7-11-5-3-2-4-10(11)6-13/h8-11,15H,2-7H2,1H3. The zero-order valence-corrected chi connectivity index (χ0v) is 12.6. The van der Waals surface area contributed by atoms with Gasteiger partial charge in [-0.25, -0.2) is 18.1 Å². The molecule has 0 saturated heterocycles. The molecule has 0 bridgehead atoms. The van der Waals surface area contributed by atoms with Gasteiger partial charge in [0.05, 0.1) is 6.33 Å². The maximum absolute atomic E-state index is 12.1. The van der Waals surface area contributed by atoms with Crippen LogP contribution < -0.4 is 4.72 Å². The first-order valence-electron chi connectivity index (χ1n) is 6.56. The second kappa shape index (κ2) is 6.24. The van der Waals surface area contributed by atoms with E-state index in [9.17, 15) is 8.42 Å². The monoisotopic (exact) mass is 305 g/mol. The van der Waals surface area contributed by atoms with E-state index in [0.717, 1.165) is 19.3 Å². The third-order valence-electron chi connectivity index (χ3n) is 3.76. The van der Waals surface area contributed by atoms with Gasteiger partial charge in [-0.05, 0) is 24.7 Å². The molecule has 0 aliphatic heterocycles. The molecule has 1 saturated carbocycles. The van der Waals surface area contributed by atoms with Crippen molar-refractivity contribution >= 4 is 21.6 Å². The number of aromatic nitrogens is 2. The van der Waals surface area contributed by atoms with Gasteiger partial charge in [-0.1, -0.05) is 12.8 Å². The summed E-state index contributed by atoms with van der Waals surface area (Å²) in [5.41, 5.74) is 0. The Balaban J connectivity index is 1.97. The van der Waals surface area contributed by atoms with Gasteiger partial charge >= 0.3 is 0 Å². The topological polar surface area (TPSA) is 64.0 Å². The number of nitrogens with one attached hydrogen (secondary N) is 1. The Morgan fingerprint density at radius 1 is 1.42 bits per heavy atom. The summed E-state index contributed by atoms with van der Waals surface area (Å²) in [7, 11) is -1.75. The predicted molar refractivity (Wildman–Crippen MR) is 74.6 cm³/mol. The SMILES string of the molecule is Cn1cnc(S(=O)(=O)NCC2CCCCC2CCl)c1. The molecule has 0 radical (unpaired) electrons. The number of halogens is 1. The van der Waals surface area contributed by atoms with Crippen LogP contribution in [0.1, 0.15) is 25.7 Å². The van der Waals surface area contributed by atoms with Crippen molar-refractivity contribution in [1.82, 2.24) is 14.3 Å². The average Bonchev–Trinajstić information content (AvgIpc) is 2.84. The largest absolute Gasteiger partial charge is 0.339 e. The lowest BCUT2D eigenvalue weighted by Gasteiger charge is -2.30. The Kier molecular flexibility index (Phi) is 4.86. The van der Waals surface area contributed by atoms with E-state index < -0.39 is 10.0 Å². The van der Waals surface area contributed by atoms with Crippen LogP contribution in [0.4, 0.5) is 0 Å². The zero-order valence-electron chi connectivity index (χ0n) is 11.0. The van der Waals surface area contributed by atoms with E-state index in [1.165, 1.54) is 18.9 Å². The minimum absolute atomic E-state index is 0.0771. The molecule has 7 heteroatoms. The third-order valence-corrected chi connectivity index (χ3v) is 5.46. The van der Waals surface area contributed by atoms with E-state index in [4.69, 9.17) is 11.6 Å². The van der Waals surface area contributed by atoms with Crippen molar-refractivity contribution in [2.75, 3.05) is 12.4 Å². The van der Waals surface area contributed by atoms with Crippen molar-refractivity contribution < 1.29 is 8.42 Å². The molecular weight excluding hydrogens is 286 g/mol. The highest BCUT2D eigenvalue weighted by molar-refractivity contribution is 7.89. The average molecular weight is 306 g/mol. The molecule has 1 aromatic heterocycles. The Labute approximate surface area is 119 Å². The molecule has 2 atom stereocenters. The molecule has 0 spiro atoms. The third kappa shape index (κ3) is 3.70. The van der Waals surface area contributed by atoms with Gasteiger partial charge in [0.2, 0.25) is 0 Å². The highest BCUT2D eigenvalue weighted by Crippen LogP contribution is 2.30. The van der Waals surface area contributed by atoms with E-state index in [1.807, 2.05) is 0 Å². The summed E-state index contributed by atoms with van der Waals surface area (Å²) in [6.07, 6.45) is 7.48. The van der Waals surface area contributed by atoms with Gasteiger partial charge in [0.1, 0.15) is 0 Å². The van der Waals surface area contributed by atoms with Crippen LogP contribution in [0.2, 0.25) is 0 Å². The smallest absolute Gasteiger partial charge is 0.259 e. The lowest BCUT2D eigenvalue weighted by molar-refractivity contribution is 0.260. The molecule has 0 amide bonds. The minimum Gasteiger partial charge on any atom is -0.339 e. The number of hydrogen-bond acceptors (Lipinski definition) is 3. The first-order chi connectivity index (χ1) is 9.03. The van der Waals surface area contributed by atoms with Crippen LogP contribution >= 0.6 is 11.6 Å². The molecule has 1 fully saturated rings. The quantitative estimate of drug-likeness (QED) is 0.843. The van der Waals surface area contributed by atoms with Crippen molar-refractivity contribution in [1.29, 1.82) is 0 Å². The zero-order chi connectivity index (χ0) is 13.9. The molecule has 5 nitrogen and oxygen atoms in total. The number of hydrogen-bond donors (Lipinski definition) is 1.